The molecule has 0 aliphatic rings. The van der Waals surface area contributed by atoms with Gasteiger partial charge in [-0.15, -0.1) is 0 Å². The molecule has 0 aliphatic carbocycles. The van der Waals surface area contributed by atoms with Crippen molar-refractivity contribution in [3.63, 3.8) is 0 Å². The van der Waals surface area contributed by atoms with Crippen molar-refractivity contribution in [2.24, 2.45) is 5.92 Å². The number of carbonyl (C=O) groups is 1. The van der Waals surface area contributed by atoms with Gasteiger partial charge in [-0.1, -0.05) is 47.6 Å². The first kappa shape index (κ1) is 20.6. The molecule has 98 valence electrons. The molecular formula is C14H30O2. The van der Waals surface area contributed by atoms with Gasteiger partial charge in [0.2, 0.25) is 0 Å². The number of ether oxygens (including phenoxy) is 1. The molecule has 2 heteroatoms. The zero-order valence-electron chi connectivity index (χ0n) is 12.4. The first-order valence-corrected chi connectivity index (χ1v) is 6.17. The Hall–Kier alpha value is -0.790. The highest BCUT2D eigenvalue weighted by Crippen LogP contribution is 1.95. The summed E-state index contributed by atoms with van der Waals surface area (Å²) in [7, 11) is 0. The highest BCUT2D eigenvalue weighted by Gasteiger charge is 2.03. The zero-order chi connectivity index (χ0) is 13.7. The molecule has 0 bridgehead atoms. The van der Waals surface area contributed by atoms with Crippen LogP contribution in [0.3, 0.4) is 0 Å². The van der Waals surface area contributed by atoms with Crippen LogP contribution in [0.1, 0.15) is 61.8 Å². The van der Waals surface area contributed by atoms with Crippen molar-refractivity contribution in [2.75, 3.05) is 0 Å². The summed E-state index contributed by atoms with van der Waals surface area (Å²) in [6, 6.07) is 0. The lowest BCUT2D eigenvalue weighted by atomic mass is 10.2. The first-order valence-electron chi connectivity index (χ1n) is 6.17. The van der Waals surface area contributed by atoms with Crippen molar-refractivity contribution in [1.29, 1.82) is 0 Å². The van der Waals surface area contributed by atoms with Gasteiger partial charge in [0.15, 0.2) is 0 Å². The van der Waals surface area contributed by atoms with Gasteiger partial charge in [0, 0.05) is 5.57 Å². The SMILES string of the molecule is C=C(C)C(=O)OC(C)C.CC.CCC(C)C. The van der Waals surface area contributed by atoms with Crippen molar-refractivity contribution in [3.8, 4) is 0 Å². The fourth-order valence-corrected chi connectivity index (χ4v) is 0.315. The maximum atomic E-state index is 10.6. The lowest BCUT2D eigenvalue weighted by molar-refractivity contribution is -0.142. The first-order chi connectivity index (χ1) is 7.31. The standard InChI is InChI=1S/C7H12O2.C5H12.C2H6/c1-5(2)7(8)9-6(3)4;1-4-5(2)3;1-2/h6H,1H2,2-4H3;5H,4H2,1-3H3;1-2H3. The Balaban J connectivity index is -0.000000205. The summed E-state index contributed by atoms with van der Waals surface area (Å²) in [5, 5.41) is 0. The van der Waals surface area contributed by atoms with Crippen LogP contribution in [0.2, 0.25) is 0 Å². The summed E-state index contributed by atoms with van der Waals surface area (Å²) in [6.07, 6.45) is 1.26. The molecule has 0 aromatic rings. The molecule has 0 atom stereocenters. The summed E-state index contributed by atoms with van der Waals surface area (Å²) in [4.78, 5) is 10.6. The molecule has 0 saturated heterocycles. The average Bonchev–Trinajstić information content (AvgIpc) is 2.20. The Morgan fingerprint density at radius 3 is 1.56 bits per heavy atom. The van der Waals surface area contributed by atoms with Gasteiger partial charge in [-0.25, -0.2) is 4.79 Å². The van der Waals surface area contributed by atoms with Crippen molar-refractivity contribution in [2.45, 2.75) is 67.9 Å². The lowest BCUT2D eigenvalue weighted by Crippen LogP contribution is -2.11. The van der Waals surface area contributed by atoms with Crippen LogP contribution >= 0.6 is 0 Å². The van der Waals surface area contributed by atoms with E-state index in [-0.39, 0.29) is 12.1 Å². The summed E-state index contributed by atoms with van der Waals surface area (Å²) in [6.45, 7) is 19.3. The number of esters is 1. The normalized spacial score (nSPS) is 8.62. The Morgan fingerprint density at radius 2 is 1.50 bits per heavy atom. The third-order valence-electron chi connectivity index (χ3n) is 1.51. The minimum atomic E-state index is -0.315. The second kappa shape index (κ2) is 14.2. The van der Waals surface area contributed by atoms with E-state index >= 15 is 0 Å². The van der Waals surface area contributed by atoms with Crippen LogP contribution in [0.4, 0.5) is 0 Å². The maximum absolute atomic E-state index is 10.6. The van der Waals surface area contributed by atoms with Crippen LogP contribution in [-0.4, -0.2) is 12.1 Å². The molecule has 0 amide bonds. The maximum Gasteiger partial charge on any atom is 0.333 e. The van der Waals surface area contributed by atoms with Gasteiger partial charge in [-0.05, 0) is 26.7 Å². The quantitative estimate of drug-likeness (QED) is 0.523. The van der Waals surface area contributed by atoms with Crippen LogP contribution in [0, 0.1) is 5.92 Å². The van der Waals surface area contributed by atoms with Crippen LogP contribution in [0.15, 0.2) is 12.2 Å². The average molecular weight is 230 g/mol. The molecule has 0 aromatic heterocycles. The van der Waals surface area contributed by atoms with Crippen LogP contribution in [0.5, 0.6) is 0 Å². The molecule has 0 spiro atoms. The van der Waals surface area contributed by atoms with Crippen molar-refractivity contribution >= 4 is 5.97 Å². The molecule has 16 heavy (non-hydrogen) atoms. The smallest absolute Gasteiger partial charge is 0.333 e. The van der Waals surface area contributed by atoms with E-state index in [0.717, 1.165) is 5.92 Å². The van der Waals surface area contributed by atoms with E-state index in [4.69, 9.17) is 4.74 Å². The molecule has 0 aromatic carbocycles. The number of carbonyl (C=O) groups excluding carboxylic acids is 1. The summed E-state index contributed by atoms with van der Waals surface area (Å²) in [5.41, 5.74) is 0.448. The fraction of sp³-hybridized carbons (Fsp3) is 0.786. The predicted octanol–water partition coefficient (Wildman–Crippen LogP) is 4.59. The zero-order valence-corrected chi connectivity index (χ0v) is 12.4. The van der Waals surface area contributed by atoms with Crippen LogP contribution in [-0.2, 0) is 9.53 Å². The van der Waals surface area contributed by atoms with E-state index in [1.54, 1.807) is 20.8 Å². The fourth-order valence-electron chi connectivity index (χ4n) is 0.315. The van der Waals surface area contributed by atoms with Gasteiger partial charge in [-0.2, -0.15) is 0 Å². The third-order valence-corrected chi connectivity index (χ3v) is 1.51. The largest absolute Gasteiger partial charge is 0.460 e. The number of rotatable bonds is 3. The summed E-state index contributed by atoms with van der Waals surface area (Å²) < 4.78 is 4.77. The van der Waals surface area contributed by atoms with Crippen molar-refractivity contribution in [1.82, 2.24) is 0 Å². The van der Waals surface area contributed by atoms with Gasteiger partial charge in [0.1, 0.15) is 0 Å². The number of hydrogen-bond acceptors (Lipinski definition) is 2. The van der Waals surface area contributed by atoms with Gasteiger partial charge in [-0.3, -0.25) is 0 Å². The molecule has 0 unspecified atom stereocenters. The summed E-state index contributed by atoms with van der Waals surface area (Å²) >= 11 is 0. The Morgan fingerprint density at radius 1 is 1.19 bits per heavy atom. The molecule has 0 fully saturated rings. The third kappa shape index (κ3) is 23.2. The lowest BCUT2D eigenvalue weighted by Gasteiger charge is -2.05. The molecular weight excluding hydrogens is 200 g/mol. The molecule has 0 N–H and O–H groups in total. The van der Waals surface area contributed by atoms with E-state index in [2.05, 4.69) is 27.4 Å². The Bertz CT molecular complexity index is 170. The minimum absolute atomic E-state index is 0.0470. The van der Waals surface area contributed by atoms with Gasteiger partial charge >= 0.3 is 5.97 Å². The van der Waals surface area contributed by atoms with Crippen molar-refractivity contribution < 1.29 is 9.53 Å². The highest BCUT2D eigenvalue weighted by atomic mass is 16.5. The van der Waals surface area contributed by atoms with Gasteiger partial charge in [0.05, 0.1) is 6.10 Å². The van der Waals surface area contributed by atoms with E-state index in [9.17, 15) is 4.79 Å². The Labute approximate surface area is 102 Å². The monoisotopic (exact) mass is 230 g/mol. The van der Waals surface area contributed by atoms with E-state index < -0.39 is 0 Å². The molecule has 0 saturated carbocycles. The Kier molecular flexibility index (Phi) is 18.3. The van der Waals surface area contributed by atoms with E-state index in [1.165, 1.54) is 6.42 Å². The second-order valence-corrected chi connectivity index (χ2v) is 4.04. The topological polar surface area (TPSA) is 26.3 Å². The van der Waals surface area contributed by atoms with Crippen LogP contribution in [0.25, 0.3) is 0 Å². The number of hydrogen-bond donors (Lipinski definition) is 0. The van der Waals surface area contributed by atoms with E-state index in [0.29, 0.717) is 5.57 Å². The molecule has 0 radical (unpaired) electrons. The minimum Gasteiger partial charge on any atom is -0.460 e. The molecule has 0 rings (SSSR count). The van der Waals surface area contributed by atoms with Crippen molar-refractivity contribution in [3.05, 3.63) is 12.2 Å². The molecule has 0 aliphatic heterocycles. The second-order valence-electron chi connectivity index (χ2n) is 4.04. The van der Waals surface area contributed by atoms with E-state index in [1.807, 2.05) is 13.8 Å². The van der Waals surface area contributed by atoms with Crippen LogP contribution < -0.4 is 0 Å². The molecule has 2 nitrogen and oxygen atoms in total. The predicted molar refractivity (Wildman–Crippen MR) is 72.5 cm³/mol. The molecule has 0 heterocycles. The van der Waals surface area contributed by atoms with Gasteiger partial charge < -0.3 is 4.74 Å². The van der Waals surface area contributed by atoms with Gasteiger partial charge in [0.25, 0.3) is 0 Å². The highest BCUT2D eigenvalue weighted by molar-refractivity contribution is 5.87. The summed E-state index contributed by atoms with van der Waals surface area (Å²) in [5.74, 6) is 0.569.